The van der Waals surface area contributed by atoms with Gasteiger partial charge in [-0.2, -0.15) is 0 Å². The Bertz CT molecular complexity index is 1550. The molecule has 0 aliphatic rings. The molecule has 1 amide bonds. The molecule has 0 saturated carbocycles. The van der Waals surface area contributed by atoms with Crippen molar-refractivity contribution in [1.82, 2.24) is 18.7 Å². The monoisotopic (exact) mass is 453 g/mol. The summed E-state index contributed by atoms with van der Waals surface area (Å²) in [6.45, 7) is 0. The quantitative estimate of drug-likeness (QED) is 0.359. The first-order valence-electron chi connectivity index (χ1n) is 10.6. The van der Waals surface area contributed by atoms with Crippen LogP contribution in [0.1, 0.15) is 21.1 Å². The van der Waals surface area contributed by atoms with E-state index >= 15 is 0 Å². The second-order valence-electron chi connectivity index (χ2n) is 8.17. The molecule has 0 bridgehead atoms. The number of rotatable bonds is 4. The van der Waals surface area contributed by atoms with Crippen LogP contribution in [0.3, 0.4) is 0 Å². The summed E-state index contributed by atoms with van der Waals surface area (Å²) in [6.07, 6.45) is 5.24. The van der Waals surface area contributed by atoms with Crippen molar-refractivity contribution < 1.29 is 9.59 Å². The molecule has 0 spiro atoms. The first kappa shape index (κ1) is 21.1. The average molecular weight is 454 g/mol. The Labute approximate surface area is 195 Å². The van der Waals surface area contributed by atoms with E-state index < -0.39 is 0 Å². The lowest BCUT2D eigenvalue weighted by molar-refractivity contribution is 0.0956. The Morgan fingerprint density at radius 1 is 0.882 bits per heavy atom. The van der Waals surface area contributed by atoms with Crippen LogP contribution in [-0.4, -0.2) is 30.5 Å². The van der Waals surface area contributed by atoms with E-state index in [4.69, 9.17) is 11.5 Å². The first-order chi connectivity index (χ1) is 16.3. The molecule has 0 unspecified atom stereocenters. The fourth-order valence-corrected chi connectivity index (χ4v) is 4.03. The number of benzene rings is 2. The lowest BCUT2D eigenvalue weighted by Gasteiger charge is -2.06. The van der Waals surface area contributed by atoms with Crippen molar-refractivity contribution >= 4 is 39.9 Å². The smallest absolute Gasteiger partial charge is 0.291 e. The number of hydrogen-bond acceptors (Lipinski definition) is 5. The molecule has 0 atom stereocenters. The van der Waals surface area contributed by atoms with Crippen molar-refractivity contribution in [2.75, 3.05) is 16.8 Å². The van der Waals surface area contributed by atoms with Crippen LogP contribution in [0.4, 0.5) is 17.2 Å². The summed E-state index contributed by atoms with van der Waals surface area (Å²) < 4.78 is 5.00. The minimum absolute atomic E-state index is 0.133. The second kappa shape index (κ2) is 7.96. The molecule has 5 rings (SSSR count). The SMILES string of the molecule is Cn1cc(-c2ccc(NC(=O)c3nc(N)cn3C)cc2)cc1C(=O)n1ccc2cc(N)ccc21. The van der Waals surface area contributed by atoms with E-state index in [1.165, 1.54) is 0 Å². The third-order valence-corrected chi connectivity index (χ3v) is 5.73. The highest BCUT2D eigenvalue weighted by Gasteiger charge is 2.17. The van der Waals surface area contributed by atoms with Gasteiger partial charge in [0.1, 0.15) is 11.5 Å². The zero-order valence-electron chi connectivity index (χ0n) is 18.7. The number of aromatic nitrogens is 4. The summed E-state index contributed by atoms with van der Waals surface area (Å²) in [5.74, 6) is 0.0366. The van der Waals surface area contributed by atoms with Crippen molar-refractivity contribution in [1.29, 1.82) is 0 Å². The van der Waals surface area contributed by atoms with Crippen LogP contribution in [0.15, 0.2) is 73.2 Å². The fraction of sp³-hybridized carbons (Fsp3) is 0.0800. The van der Waals surface area contributed by atoms with Crippen molar-refractivity contribution in [2.45, 2.75) is 0 Å². The van der Waals surface area contributed by atoms with E-state index in [0.29, 0.717) is 17.1 Å². The van der Waals surface area contributed by atoms with Crippen LogP contribution in [0.5, 0.6) is 0 Å². The van der Waals surface area contributed by atoms with Crippen LogP contribution >= 0.6 is 0 Å². The topological polar surface area (TPSA) is 126 Å². The van der Waals surface area contributed by atoms with Crippen molar-refractivity contribution in [3.05, 3.63) is 84.7 Å². The normalized spacial score (nSPS) is 11.1. The first-order valence-corrected chi connectivity index (χ1v) is 10.6. The maximum Gasteiger partial charge on any atom is 0.291 e. The summed E-state index contributed by atoms with van der Waals surface area (Å²) in [4.78, 5) is 29.7. The number of carbonyl (C=O) groups excluding carboxylic acids is 2. The molecular formula is C25H23N7O2. The number of nitrogens with zero attached hydrogens (tertiary/aromatic N) is 4. The third kappa shape index (κ3) is 3.69. The summed E-state index contributed by atoms with van der Waals surface area (Å²) in [5.41, 5.74) is 15.9. The molecule has 0 aliphatic heterocycles. The highest BCUT2D eigenvalue weighted by Crippen LogP contribution is 2.26. The van der Waals surface area contributed by atoms with E-state index in [2.05, 4.69) is 10.3 Å². The number of nitrogen functional groups attached to an aromatic ring is 2. The van der Waals surface area contributed by atoms with Gasteiger partial charge in [0.2, 0.25) is 5.82 Å². The molecule has 5 N–H and O–H groups in total. The number of nitrogens with two attached hydrogens (primary N) is 2. The molecule has 170 valence electrons. The van der Waals surface area contributed by atoms with Gasteiger partial charge in [0.05, 0.1) is 5.52 Å². The lowest BCUT2D eigenvalue weighted by Crippen LogP contribution is -2.16. The third-order valence-electron chi connectivity index (χ3n) is 5.73. The molecular weight excluding hydrogens is 430 g/mol. The van der Waals surface area contributed by atoms with Crippen molar-refractivity contribution in [3.8, 4) is 11.1 Å². The summed E-state index contributed by atoms with van der Waals surface area (Å²) in [7, 11) is 3.55. The summed E-state index contributed by atoms with van der Waals surface area (Å²) in [6, 6.07) is 16.6. The van der Waals surface area contributed by atoms with Crippen LogP contribution in [0.2, 0.25) is 0 Å². The van der Waals surface area contributed by atoms with Crippen LogP contribution in [0, 0.1) is 0 Å². The Morgan fingerprint density at radius 2 is 1.65 bits per heavy atom. The molecule has 34 heavy (non-hydrogen) atoms. The average Bonchev–Trinajstić information content (AvgIpc) is 3.49. The van der Waals surface area contributed by atoms with E-state index in [1.54, 1.807) is 46.8 Å². The molecule has 2 aromatic carbocycles. The van der Waals surface area contributed by atoms with Gasteiger partial charge in [0, 0.05) is 55.0 Å². The van der Waals surface area contributed by atoms with Gasteiger partial charge in [-0.15, -0.1) is 0 Å². The zero-order chi connectivity index (χ0) is 24.0. The number of aryl methyl sites for hydroxylation is 2. The number of hydrogen-bond donors (Lipinski definition) is 3. The number of nitrogens with one attached hydrogen (secondary N) is 1. The van der Waals surface area contributed by atoms with Gasteiger partial charge in [-0.3, -0.25) is 14.2 Å². The van der Waals surface area contributed by atoms with Gasteiger partial charge in [-0.25, -0.2) is 4.98 Å². The standard InChI is InChI=1S/C25H23N7O2/c1-30-13-17(12-21(30)25(34)32-10-9-16-11-18(26)5-8-20(16)32)15-3-6-19(7-4-15)28-24(33)23-29-22(27)14-31(23)2/h3-14H,26-27H2,1-2H3,(H,28,33). The number of amides is 1. The zero-order valence-corrected chi connectivity index (χ0v) is 18.7. The molecule has 9 heteroatoms. The number of carbonyl (C=O) groups is 2. The molecule has 0 saturated heterocycles. The van der Waals surface area contributed by atoms with E-state index in [9.17, 15) is 9.59 Å². The van der Waals surface area contributed by atoms with Crippen LogP contribution < -0.4 is 16.8 Å². The number of imidazole rings is 1. The number of anilines is 3. The van der Waals surface area contributed by atoms with Crippen molar-refractivity contribution in [2.24, 2.45) is 14.1 Å². The molecule has 9 nitrogen and oxygen atoms in total. The molecule has 0 fully saturated rings. The largest absolute Gasteiger partial charge is 0.399 e. The van der Waals surface area contributed by atoms with E-state index in [1.807, 2.05) is 54.2 Å². The Balaban J connectivity index is 1.37. The number of fused-ring (bicyclic) bond motifs is 1. The van der Waals surface area contributed by atoms with Crippen LogP contribution in [0.25, 0.3) is 22.0 Å². The van der Waals surface area contributed by atoms with E-state index in [0.717, 1.165) is 22.0 Å². The molecule has 0 radical (unpaired) electrons. The Kier molecular flexibility index (Phi) is 4.94. The van der Waals surface area contributed by atoms with Gasteiger partial charge in [0.15, 0.2) is 0 Å². The minimum atomic E-state index is -0.347. The van der Waals surface area contributed by atoms with E-state index in [-0.39, 0.29) is 23.5 Å². The Morgan fingerprint density at radius 3 is 2.35 bits per heavy atom. The van der Waals surface area contributed by atoms with Gasteiger partial charge >= 0.3 is 0 Å². The predicted octanol–water partition coefficient (Wildman–Crippen LogP) is 3.49. The minimum Gasteiger partial charge on any atom is -0.399 e. The molecule has 3 aromatic heterocycles. The highest BCUT2D eigenvalue weighted by atomic mass is 16.2. The van der Waals surface area contributed by atoms with Gasteiger partial charge in [0.25, 0.3) is 11.8 Å². The maximum atomic E-state index is 13.3. The summed E-state index contributed by atoms with van der Waals surface area (Å²) >= 11 is 0. The van der Waals surface area contributed by atoms with Gasteiger partial charge in [-0.1, -0.05) is 12.1 Å². The maximum absolute atomic E-state index is 13.3. The predicted molar refractivity (Wildman–Crippen MR) is 133 cm³/mol. The van der Waals surface area contributed by atoms with Crippen molar-refractivity contribution in [3.63, 3.8) is 0 Å². The highest BCUT2D eigenvalue weighted by molar-refractivity contribution is 6.03. The summed E-state index contributed by atoms with van der Waals surface area (Å²) in [5, 5.41) is 3.73. The van der Waals surface area contributed by atoms with Gasteiger partial charge in [-0.05, 0) is 48.0 Å². The molecule has 5 aromatic rings. The fourth-order valence-electron chi connectivity index (χ4n) is 4.03. The second-order valence-corrected chi connectivity index (χ2v) is 8.17. The van der Waals surface area contributed by atoms with Gasteiger partial charge < -0.3 is 25.9 Å². The lowest BCUT2D eigenvalue weighted by atomic mass is 10.1. The molecule has 3 heterocycles. The molecule has 0 aliphatic carbocycles. The Hall–Kier alpha value is -4.79. The van der Waals surface area contributed by atoms with Crippen LogP contribution in [-0.2, 0) is 14.1 Å².